The average molecular weight is 235 g/mol. The zero-order chi connectivity index (χ0) is 11.8. The van der Waals surface area contributed by atoms with Crippen LogP contribution in [0.4, 0.5) is 0 Å². The number of carbonyl (C=O) groups excluding carboxylic acids is 1. The summed E-state index contributed by atoms with van der Waals surface area (Å²) >= 11 is 0. The van der Waals surface area contributed by atoms with Crippen molar-refractivity contribution in [3.05, 3.63) is 30.3 Å². The summed E-state index contributed by atoms with van der Waals surface area (Å²) in [6, 6.07) is 9.67. The predicted molar refractivity (Wildman–Crippen MR) is 56.1 cm³/mol. The van der Waals surface area contributed by atoms with Crippen molar-refractivity contribution >= 4 is 16.1 Å². The lowest BCUT2D eigenvalue weighted by molar-refractivity contribution is -0.110. The summed E-state index contributed by atoms with van der Waals surface area (Å²) in [5, 5.41) is 7.91. The number of benzene rings is 1. The maximum Gasteiger partial charge on any atom is 0.183 e. The third-order valence-electron chi connectivity index (χ3n) is 2.80. The molecule has 0 spiro atoms. The molecule has 0 heterocycles. The van der Waals surface area contributed by atoms with E-state index in [1.165, 1.54) is 12.1 Å². The van der Waals surface area contributed by atoms with Crippen LogP contribution in [0.15, 0.2) is 35.2 Å². The van der Waals surface area contributed by atoms with Crippen LogP contribution in [-0.2, 0) is 14.6 Å². The van der Waals surface area contributed by atoms with Gasteiger partial charge in [0, 0.05) is 0 Å². The van der Waals surface area contributed by atoms with Gasteiger partial charge in [0.25, 0.3) is 0 Å². The zero-order valence-electron chi connectivity index (χ0n) is 8.33. The van der Waals surface area contributed by atoms with E-state index in [4.69, 9.17) is 5.26 Å². The first kappa shape index (κ1) is 10.8. The first-order valence-corrected chi connectivity index (χ1v) is 6.28. The van der Waals surface area contributed by atoms with Crippen molar-refractivity contribution in [3.8, 4) is 6.07 Å². The molecule has 0 radical (unpaired) electrons. The Morgan fingerprint density at radius 3 is 2.44 bits per heavy atom. The van der Waals surface area contributed by atoms with Crippen molar-refractivity contribution in [2.24, 2.45) is 5.41 Å². The molecule has 0 aromatic heterocycles. The highest BCUT2D eigenvalue weighted by molar-refractivity contribution is 7.92. The van der Waals surface area contributed by atoms with E-state index < -0.39 is 20.5 Å². The van der Waals surface area contributed by atoms with Gasteiger partial charge in [-0.1, -0.05) is 18.2 Å². The standard InChI is InChI=1S/C11H9NO3S/c12-7-11(8-13)6-10(11)16(14,15)9-4-2-1-3-5-9/h1-5,8,10H,6H2. The summed E-state index contributed by atoms with van der Waals surface area (Å²) in [5.41, 5.74) is -1.32. The largest absolute Gasteiger partial charge is 0.302 e. The fraction of sp³-hybridized carbons (Fsp3) is 0.273. The van der Waals surface area contributed by atoms with Crippen molar-refractivity contribution in [3.63, 3.8) is 0 Å². The summed E-state index contributed by atoms with van der Waals surface area (Å²) in [4.78, 5) is 10.9. The minimum Gasteiger partial charge on any atom is -0.302 e. The van der Waals surface area contributed by atoms with E-state index in [1.807, 2.05) is 0 Å². The van der Waals surface area contributed by atoms with Crippen LogP contribution in [0.25, 0.3) is 0 Å². The van der Waals surface area contributed by atoms with Gasteiger partial charge in [-0.05, 0) is 18.6 Å². The van der Waals surface area contributed by atoms with Gasteiger partial charge in [0.15, 0.2) is 9.84 Å². The fourth-order valence-corrected chi connectivity index (χ4v) is 3.70. The molecule has 0 N–H and O–H groups in total. The fourth-order valence-electron chi connectivity index (χ4n) is 1.68. The number of aldehydes is 1. The van der Waals surface area contributed by atoms with Gasteiger partial charge >= 0.3 is 0 Å². The normalized spacial score (nSPS) is 28.1. The number of sulfone groups is 1. The Morgan fingerprint density at radius 1 is 1.38 bits per heavy atom. The van der Waals surface area contributed by atoms with Gasteiger partial charge in [-0.15, -0.1) is 0 Å². The molecule has 0 amide bonds. The van der Waals surface area contributed by atoms with Crippen LogP contribution < -0.4 is 0 Å². The molecule has 4 nitrogen and oxygen atoms in total. The highest BCUT2D eigenvalue weighted by Gasteiger charge is 2.62. The number of carbonyl (C=O) groups is 1. The van der Waals surface area contributed by atoms with Crippen molar-refractivity contribution in [1.82, 2.24) is 0 Å². The predicted octanol–water partition coefficient (Wildman–Crippen LogP) is 0.941. The second-order valence-corrected chi connectivity index (χ2v) is 5.95. The molecule has 1 aromatic rings. The molecule has 16 heavy (non-hydrogen) atoms. The van der Waals surface area contributed by atoms with E-state index in [0.717, 1.165) is 0 Å². The maximum atomic E-state index is 12.0. The van der Waals surface area contributed by atoms with Crippen molar-refractivity contribution in [1.29, 1.82) is 5.26 Å². The molecule has 5 heteroatoms. The molecular formula is C11H9NO3S. The maximum absolute atomic E-state index is 12.0. The molecule has 0 saturated heterocycles. The summed E-state index contributed by atoms with van der Waals surface area (Å²) < 4.78 is 24.0. The van der Waals surface area contributed by atoms with Gasteiger partial charge < -0.3 is 4.79 Å². The van der Waals surface area contributed by atoms with Gasteiger partial charge in [0.2, 0.25) is 0 Å². The van der Waals surface area contributed by atoms with Crippen molar-refractivity contribution < 1.29 is 13.2 Å². The molecule has 2 atom stereocenters. The van der Waals surface area contributed by atoms with E-state index in [-0.39, 0.29) is 11.3 Å². The number of rotatable bonds is 3. The average Bonchev–Trinajstić information content (AvgIpc) is 3.06. The third kappa shape index (κ3) is 1.42. The van der Waals surface area contributed by atoms with Crippen LogP contribution in [0, 0.1) is 16.7 Å². The first-order valence-electron chi connectivity index (χ1n) is 4.73. The topological polar surface area (TPSA) is 75.0 Å². The Labute approximate surface area is 93.4 Å². The van der Waals surface area contributed by atoms with Gasteiger partial charge in [0.1, 0.15) is 11.7 Å². The highest BCUT2D eigenvalue weighted by Crippen LogP contribution is 2.50. The van der Waals surface area contributed by atoms with E-state index in [2.05, 4.69) is 0 Å². The molecule has 0 aliphatic heterocycles. The Bertz CT molecular complexity index is 559. The number of hydrogen-bond donors (Lipinski definition) is 0. The minimum absolute atomic E-state index is 0.101. The van der Waals surface area contributed by atoms with E-state index in [9.17, 15) is 13.2 Å². The van der Waals surface area contributed by atoms with Crippen LogP contribution >= 0.6 is 0 Å². The number of nitriles is 1. The quantitative estimate of drug-likeness (QED) is 0.731. The Morgan fingerprint density at radius 2 is 2.00 bits per heavy atom. The number of hydrogen-bond acceptors (Lipinski definition) is 4. The Hall–Kier alpha value is -1.67. The molecule has 1 aliphatic carbocycles. The molecule has 1 aliphatic rings. The lowest BCUT2D eigenvalue weighted by Crippen LogP contribution is -2.16. The molecule has 1 fully saturated rings. The molecular weight excluding hydrogens is 226 g/mol. The highest BCUT2D eigenvalue weighted by atomic mass is 32.2. The van der Waals surface area contributed by atoms with Crippen LogP contribution in [0.1, 0.15) is 6.42 Å². The monoisotopic (exact) mass is 235 g/mol. The second-order valence-electron chi connectivity index (χ2n) is 3.82. The summed E-state index contributed by atoms with van der Waals surface area (Å²) in [5.74, 6) is 0. The Kier molecular flexibility index (Phi) is 2.32. The van der Waals surface area contributed by atoms with E-state index >= 15 is 0 Å². The van der Waals surface area contributed by atoms with Gasteiger partial charge in [-0.25, -0.2) is 8.42 Å². The van der Waals surface area contributed by atoms with Crippen LogP contribution in [0.2, 0.25) is 0 Å². The smallest absolute Gasteiger partial charge is 0.183 e. The lowest BCUT2D eigenvalue weighted by atomic mass is 10.2. The van der Waals surface area contributed by atoms with Gasteiger partial charge in [-0.2, -0.15) is 5.26 Å². The van der Waals surface area contributed by atoms with Crippen LogP contribution in [-0.4, -0.2) is 20.0 Å². The zero-order valence-corrected chi connectivity index (χ0v) is 9.15. The summed E-state index contributed by atoms with van der Waals surface area (Å²) in [6.07, 6.45) is 0.544. The SMILES string of the molecule is N#CC1(C=O)CC1S(=O)(=O)c1ccccc1. The summed E-state index contributed by atoms with van der Waals surface area (Å²) in [6.45, 7) is 0. The minimum atomic E-state index is -3.55. The Balaban J connectivity index is 2.39. The van der Waals surface area contributed by atoms with Crippen LogP contribution in [0.5, 0.6) is 0 Å². The molecule has 1 saturated carbocycles. The summed E-state index contributed by atoms with van der Waals surface area (Å²) in [7, 11) is -3.55. The molecule has 82 valence electrons. The second kappa shape index (κ2) is 3.42. The molecule has 2 rings (SSSR count). The molecule has 1 aromatic carbocycles. The van der Waals surface area contributed by atoms with Gasteiger partial charge in [0.05, 0.1) is 16.2 Å². The van der Waals surface area contributed by atoms with Crippen molar-refractivity contribution in [2.75, 3.05) is 0 Å². The number of nitrogens with zero attached hydrogens (tertiary/aromatic N) is 1. The van der Waals surface area contributed by atoms with Crippen LogP contribution in [0.3, 0.4) is 0 Å². The molecule has 0 bridgehead atoms. The van der Waals surface area contributed by atoms with E-state index in [1.54, 1.807) is 24.3 Å². The van der Waals surface area contributed by atoms with Crippen molar-refractivity contribution in [2.45, 2.75) is 16.6 Å². The van der Waals surface area contributed by atoms with E-state index in [0.29, 0.717) is 6.29 Å². The first-order chi connectivity index (χ1) is 7.57. The lowest BCUT2D eigenvalue weighted by Gasteiger charge is -2.03. The van der Waals surface area contributed by atoms with Gasteiger partial charge in [-0.3, -0.25) is 0 Å². The molecule has 2 unspecified atom stereocenters. The third-order valence-corrected chi connectivity index (χ3v) is 5.07.